The van der Waals surface area contributed by atoms with Crippen molar-refractivity contribution >= 4 is 22.5 Å². The molecule has 0 N–H and O–H groups in total. The molecule has 0 aliphatic carbocycles. The topological polar surface area (TPSA) is 54.5 Å². The molecule has 2 heterocycles. The van der Waals surface area contributed by atoms with Crippen molar-refractivity contribution in [3.8, 4) is 11.9 Å². The van der Waals surface area contributed by atoms with E-state index in [2.05, 4.69) is 9.97 Å². The quantitative estimate of drug-likeness (QED) is 0.637. The Balaban J connectivity index is 2.39. The predicted molar refractivity (Wildman–Crippen MR) is 73.6 cm³/mol. The Labute approximate surface area is 127 Å². The lowest BCUT2D eigenvalue weighted by Crippen LogP contribution is -2.04. The molecule has 1 aromatic carbocycles. The molecule has 0 radical (unpaired) electrons. The van der Waals surface area contributed by atoms with Crippen LogP contribution in [0.15, 0.2) is 36.7 Å². The highest BCUT2D eigenvalue weighted by Crippen LogP contribution is 2.37. The Kier molecular flexibility index (Phi) is 3.26. The molecular weight excluding hydrogens is 317 g/mol. The Morgan fingerprint density at radius 2 is 1.95 bits per heavy atom. The minimum atomic E-state index is -4.52. The van der Waals surface area contributed by atoms with Gasteiger partial charge in [0, 0.05) is 11.6 Å². The maximum Gasteiger partial charge on any atom is 0.418 e. The summed E-state index contributed by atoms with van der Waals surface area (Å²) in [4.78, 5) is 7.56. The number of hydrogen-bond acceptors (Lipinski definition) is 3. The van der Waals surface area contributed by atoms with Crippen molar-refractivity contribution in [3.05, 3.63) is 53.1 Å². The Bertz CT molecular complexity index is 909. The molecule has 3 rings (SSSR count). The van der Waals surface area contributed by atoms with Gasteiger partial charge in [0.05, 0.1) is 17.3 Å². The highest BCUT2D eigenvalue weighted by molar-refractivity contribution is 6.28. The van der Waals surface area contributed by atoms with Crippen molar-refractivity contribution in [2.24, 2.45) is 0 Å². The molecule has 0 saturated carbocycles. The van der Waals surface area contributed by atoms with Gasteiger partial charge in [0.25, 0.3) is 0 Å². The highest BCUT2D eigenvalue weighted by atomic mass is 35.5. The first-order valence-corrected chi connectivity index (χ1v) is 6.40. The predicted octanol–water partition coefficient (Wildman–Crippen LogP) is 3.96. The number of nitrogens with zero attached hydrogens (tertiary/aromatic N) is 4. The van der Waals surface area contributed by atoms with Gasteiger partial charge in [0.1, 0.15) is 11.6 Å². The summed E-state index contributed by atoms with van der Waals surface area (Å²) in [7, 11) is 0. The van der Waals surface area contributed by atoms with Crippen LogP contribution >= 0.6 is 11.6 Å². The van der Waals surface area contributed by atoms with Crippen LogP contribution in [0, 0.1) is 11.3 Å². The molecule has 0 fully saturated rings. The first kappa shape index (κ1) is 14.4. The van der Waals surface area contributed by atoms with Crippen molar-refractivity contribution in [1.29, 1.82) is 5.26 Å². The molecule has 0 bridgehead atoms. The summed E-state index contributed by atoms with van der Waals surface area (Å²) in [6.45, 7) is 0. The van der Waals surface area contributed by atoms with Gasteiger partial charge >= 0.3 is 6.18 Å². The summed E-state index contributed by atoms with van der Waals surface area (Å²) in [6, 6.07) is 7.85. The third-order valence-electron chi connectivity index (χ3n) is 3.11. The first-order valence-electron chi connectivity index (χ1n) is 6.02. The van der Waals surface area contributed by atoms with Gasteiger partial charge < -0.3 is 0 Å². The molecule has 8 heteroatoms. The second-order valence-corrected chi connectivity index (χ2v) is 4.75. The first-order chi connectivity index (χ1) is 10.4. The summed E-state index contributed by atoms with van der Waals surface area (Å²) in [6.07, 6.45) is -2.44. The van der Waals surface area contributed by atoms with E-state index in [1.807, 2.05) is 6.07 Å². The number of alkyl halides is 3. The van der Waals surface area contributed by atoms with Crippen LogP contribution in [0.5, 0.6) is 0 Å². The Morgan fingerprint density at radius 3 is 2.64 bits per heavy atom. The Morgan fingerprint density at radius 1 is 1.23 bits per heavy atom. The summed E-state index contributed by atoms with van der Waals surface area (Å²) in [5.74, 6) is 0.00852. The van der Waals surface area contributed by atoms with Gasteiger partial charge in [0.2, 0.25) is 5.28 Å². The number of nitriles is 1. The normalized spacial score (nSPS) is 11.6. The molecule has 2 aromatic heterocycles. The third-order valence-corrected chi connectivity index (χ3v) is 3.29. The van der Waals surface area contributed by atoms with E-state index in [9.17, 15) is 13.2 Å². The molecule has 22 heavy (non-hydrogen) atoms. The zero-order chi connectivity index (χ0) is 15.9. The molecule has 3 aromatic rings. The Hall–Kier alpha value is -2.59. The van der Waals surface area contributed by atoms with Crippen LogP contribution in [-0.4, -0.2) is 14.5 Å². The smallest absolute Gasteiger partial charge is 0.299 e. The van der Waals surface area contributed by atoms with Crippen LogP contribution in [0.4, 0.5) is 13.2 Å². The number of hydrogen-bond donors (Lipinski definition) is 0. The molecule has 0 aliphatic heterocycles. The van der Waals surface area contributed by atoms with Crippen molar-refractivity contribution in [1.82, 2.24) is 14.5 Å². The van der Waals surface area contributed by atoms with Gasteiger partial charge in [-0.1, -0.05) is 18.2 Å². The average Bonchev–Trinajstić information content (AvgIpc) is 2.86. The van der Waals surface area contributed by atoms with Crippen molar-refractivity contribution in [2.45, 2.75) is 6.18 Å². The van der Waals surface area contributed by atoms with Crippen molar-refractivity contribution < 1.29 is 13.2 Å². The monoisotopic (exact) mass is 322 g/mol. The minimum absolute atomic E-state index is 0.00852. The number of para-hydroxylation sites is 1. The maximum atomic E-state index is 13.2. The highest BCUT2D eigenvalue weighted by Gasteiger charge is 2.35. The molecule has 0 saturated heterocycles. The van der Waals surface area contributed by atoms with E-state index in [1.54, 1.807) is 6.07 Å². The number of fused-ring (bicyclic) bond motifs is 1. The van der Waals surface area contributed by atoms with Crippen LogP contribution in [-0.2, 0) is 6.18 Å². The second-order valence-electron chi connectivity index (χ2n) is 4.42. The molecule has 4 nitrogen and oxygen atoms in total. The van der Waals surface area contributed by atoms with E-state index >= 15 is 0 Å². The van der Waals surface area contributed by atoms with Gasteiger partial charge in [0.15, 0.2) is 5.82 Å². The summed E-state index contributed by atoms with van der Waals surface area (Å²) in [5, 5.41) is 8.97. The average molecular weight is 323 g/mol. The van der Waals surface area contributed by atoms with E-state index in [0.29, 0.717) is 0 Å². The van der Waals surface area contributed by atoms with E-state index in [1.165, 1.54) is 29.0 Å². The van der Waals surface area contributed by atoms with Crippen LogP contribution in [0.1, 0.15) is 11.1 Å². The van der Waals surface area contributed by atoms with Crippen LogP contribution < -0.4 is 0 Å². The van der Waals surface area contributed by atoms with Gasteiger partial charge in [-0.25, -0.2) is 4.98 Å². The third kappa shape index (κ3) is 2.27. The second kappa shape index (κ2) is 5.00. The number of benzene rings is 1. The lowest BCUT2D eigenvalue weighted by Gasteiger charge is -2.06. The summed E-state index contributed by atoms with van der Waals surface area (Å²) < 4.78 is 40.7. The van der Waals surface area contributed by atoms with Gasteiger partial charge in [-0.05, 0) is 17.7 Å². The summed E-state index contributed by atoms with van der Waals surface area (Å²) >= 11 is 5.70. The van der Waals surface area contributed by atoms with Gasteiger partial charge in [-0.15, -0.1) is 0 Å². The summed E-state index contributed by atoms with van der Waals surface area (Å²) in [5.41, 5.74) is -0.498. The van der Waals surface area contributed by atoms with Gasteiger partial charge in [-0.2, -0.15) is 23.4 Å². The van der Waals surface area contributed by atoms with Crippen molar-refractivity contribution in [2.75, 3.05) is 0 Å². The SMILES string of the molecule is N#Cc1cnc(Cl)nc1-n1cc(C(F)(F)F)c2ccccc21. The lowest BCUT2D eigenvalue weighted by molar-refractivity contribution is -0.136. The fourth-order valence-corrected chi connectivity index (χ4v) is 2.32. The lowest BCUT2D eigenvalue weighted by atomic mass is 10.2. The van der Waals surface area contributed by atoms with Crippen LogP contribution in [0.3, 0.4) is 0 Å². The number of aromatic nitrogens is 3. The largest absolute Gasteiger partial charge is 0.418 e. The van der Waals surface area contributed by atoms with E-state index in [0.717, 1.165) is 6.20 Å². The molecule has 0 spiro atoms. The standard InChI is InChI=1S/C14H6ClF3N4/c15-13-20-6-8(5-19)12(21-13)22-7-10(14(16,17)18)9-3-1-2-4-11(9)22/h1-4,6-7H. The maximum absolute atomic E-state index is 13.2. The molecule has 0 aliphatic rings. The van der Waals surface area contributed by atoms with Crippen molar-refractivity contribution in [3.63, 3.8) is 0 Å². The molecule has 110 valence electrons. The minimum Gasteiger partial charge on any atom is -0.299 e. The molecule has 0 unspecified atom stereocenters. The fourth-order valence-electron chi connectivity index (χ4n) is 2.20. The van der Waals surface area contributed by atoms with E-state index in [-0.39, 0.29) is 27.6 Å². The molecule has 0 atom stereocenters. The van der Waals surface area contributed by atoms with Crippen LogP contribution in [0.25, 0.3) is 16.7 Å². The van der Waals surface area contributed by atoms with E-state index < -0.39 is 11.7 Å². The van der Waals surface area contributed by atoms with Crippen LogP contribution in [0.2, 0.25) is 5.28 Å². The van der Waals surface area contributed by atoms with E-state index in [4.69, 9.17) is 16.9 Å². The fraction of sp³-hybridized carbons (Fsp3) is 0.0714. The number of halogens is 4. The zero-order valence-corrected chi connectivity index (χ0v) is 11.5. The molecule has 0 amide bonds. The van der Waals surface area contributed by atoms with Gasteiger partial charge in [-0.3, -0.25) is 4.57 Å². The zero-order valence-electron chi connectivity index (χ0n) is 10.8. The number of rotatable bonds is 1. The molecular formula is C14H6ClF3N4.